The summed E-state index contributed by atoms with van der Waals surface area (Å²) in [5.74, 6) is 0.0878. The summed E-state index contributed by atoms with van der Waals surface area (Å²) in [4.78, 5) is 26.0. The molecule has 20 heavy (non-hydrogen) atoms. The van der Waals surface area contributed by atoms with E-state index < -0.39 is 0 Å². The number of carbonyl (C=O) groups is 2. The van der Waals surface area contributed by atoms with Gasteiger partial charge in [0.2, 0.25) is 11.8 Å². The molecule has 1 aliphatic rings. The number of amides is 2. The summed E-state index contributed by atoms with van der Waals surface area (Å²) in [6, 6.07) is 3.67. The molecule has 0 aliphatic carbocycles. The lowest BCUT2D eigenvalue weighted by molar-refractivity contribution is -0.139. The van der Waals surface area contributed by atoms with Gasteiger partial charge in [0.1, 0.15) is 6.04 Å². The van der Waals surface area contributed by atoms with Crippen molar-refractivity contribution in [3.8, 4) is 0 Å². The molecular weight excluding hydrogens is 254 g/mol. The van der Waals surface area contributed by atoms with Gasteiger partial charge < -0.3 is 14.8 Å². The van der Waals surface area contributed by atoms with Crippen molar-refractivity contribution in [1.29, 1.82) is 0 Å². The van der Waals surface area contributed by atoms with Gasteiger partial charge in [-0.05, 0) is 31.4 Å². The van der Waals surface area contributed by atoms with Gasteiger partial charge in [-0.2, -0.15) is 0 Å². The summed E-state index contributed by atoms with van der Waals surface area (Å²) in [5.41, 5.74) is 0. The highest BCUT2D eigenvalue weighted by atomic mass is 16.2. The molecule has 0 unspecified atom stereocenters. The highest BCUT2D eigenvalue weighted by molar-refractivity contribution is 5.88. The second-order valence-corrected chi connectivity index (χ2v) is 5.18. The highest BCUT2D eigenvalue weighted by Gasteiger charge is 2.29. The first-order chi connectivity index (χ1) is 9.72. The number of carbonyl (C=O) groups excluding carboxylic acids is 2. The van der Waals surface area contributed by atoms with E-state index >= 15 is 0 Å². The van der Waals surface area contributed by atoms with Crippen LogP contribution in [-0.2, 0) is 16.1 Å². The molecule has 0 saturated carbocycles. The van der Waals surface area contributed by atoms with E-state index in [2.05, 4.69) is 9.88 Å². The maximum Gasteiger partial charge on any atom is 0.242 e. The van der Waals surface area contributed by atoms with E-state index in [4.69, 9.17) is 0 Å². The summed E-state index contributed by atoms with van der Waals surface area (Å²) in [5, 5.41) is 2.87. The number of aryl methyl sites for hydroxylation is 1. The number of nitrogens with one attached hydrogen (secondary N) is 1. The van der Waals surface area contributed by atoms with Gasteiger partial charge in [-0.3, -0.25) is 9.59 Å². The Morgan fingerprint density at radius 3 is 2.85 bits per heavy atom. The first-order valence-electron chi connectivity index (χ1n) is 7.40. The number of rotatable bonds is 5. The standard InChI is InChI=1S/C15H23N3O2/c1-2-13-15(20)16-8-6-12-18(13)14(19)7-5-11-17-9-3-4-10-17/h3-4,9-10,13H,2,5-8,11-12H2,1H3,(H,16,20)/t13-/m0/s1. The molecule has 0 radical (unpaired) electrons. The zero-order valence-corrected chi connectivity index (χ0v) is 12.0. The minimum Gasteiger partial charge on any atom is -0.354 e. The monoisotopic (exact) mass is 277 g/mol. The Bertz CT molecular complexity index is 442. The first-order valence-corrected chi connectivity index (χ1v) is 7.40. The Morgan fingerprint density at radius 1 is 1.40 bits per heavy atom. The smallest absolute Gasteiger partial charge is 0.242 e. The summed E-state index contributed by atoms with van der Waals surface area (Å²) in [6.07, 6.45) is 6.82. The van der Waals surface area contributed by atoms with Gasteiger partial charge >= 0.3 is 0 Å². The van der Waals surface area contributed by atoms with Crippen molar-refractivity contribution in [2.45, 2.75) is 45.2 Å². The Labute approximate surface area is 119 Å². The normalized spacial score (nSPS) is 19.6. The molecule has 0 aromatic carbocycles. The minimum absolute atomic E-state index is 0.0104. The Hall–Kier alpha value is -1.78. The Kier molecular flexibility index (Phi) is 5.21. The van der Waals surface area contributed by atoms with E-state index in [9.17, 15) is 9.59 Å². The van der Waals surface area contributed by atoms with Gasteiger partial charge in [0.25, 0.3) is 0 Å². The summed E-state index contributed by atoms with van der Waals surface area (Å²) in [6.45, 7) is 4.15. The fourth-order valence-electron chi connectivity index (χ4n) is 2.66. The van der Waals surface area contributed by atoms with Crippen molar-refractivity contribution in [3.05, 3.63) is 24.5 Å². The largest absolute Gasteiger partial charge is 0.354 e. The predicted octanol–water partition coefficient (Wildman–Crippen LogP) is 1.40. The van der Waals surface area contributed by atoms with E-state index in [1.807, 2.05) is 31.5 Å². The van der Waals surface area contributed by atoms with Crippen molar-refractivity contribution in [3.63, 3.8) is 0 Å². The molecule has 2 heterocycles. The third-order valence-corrected chi connectivity index (χ3v) is 3.73. The number of hydrogen-bond acceptors (Lipinski definition) is 2. The van der Waals surface area contributed by atoms with Crippen LogP contribution in [0.25, 0.3) is 0 Å². The van der Waals surface area contributed by atoms with Gasteiger partial charge in [0, 0.05) is 38.4 Å². The van der Waals surface area contributed by atoms with Crippen LogP contribution in [0.15, 0.2) is 24.5 Å². The molecule has 1 N–H and O–H groups in total. The van der Waals surface area contributed by atoms with Gasteiger partial charge in [0.05, 0.1) is 0 Å². The molecule has 0 spiro atoms. The van der Waals surface area contributed by atoms with Gasteiger partial charge in [-0.15, -0.1) is 0 Å². The second kappa shape index (κ2) is 7.12. The van der Waals surface area contributed by atoms with Crippen LogP contribution in [-0.4, -0.2) is 40.4 Å². The van der Waals surface area contributed by atoms with Crippen molar-refractivity contribution in [1.82, 2.24) is 14.8 Å². The van der Waals surface area contributed by atoms with Crippen LogP contribution < -0.4 is 5.32 Å². The number of aromatic nitrogens is 1. The zero-order chi connectivity index (χ0) is 14.4. The average Bonchev–Trinajstić information content (AvgIpc) is 2.87. The molecule has 0 bridgehead atoms. The van der Waals surface area contributed by atoms with Gasteiger partial charge in [-0.1, -0.05) is 6.92 Å². The minimum atomic E-state index is -0.295. The fraction of sp³-hybridized carbons (Fsp3) is 0.600. The van der Waals surface area contributed by atoms with Crippen molar-refractivity contribution in [2.24, 2.45) is 0 Å². The molecule has 1 aliphatic heterocycles. The zero-order valence-electron chi connectivity index (χ0n) is 12.0. The van der Waals surface area contributed by atoms with Crippen LogP contribution in [0.1, 0.15) is 32.6 Å². The molecule has 1 saturated heterocycles. The van der Waals surface area contributed by atoms with E-state index in [0.29, 0.717) is 25.9 Å². The van der Waals surface area contributed by atoms with Crippen molar-refractivity contribution >= 4 is 11.8 Å². The molecule has 5 nitrogen and oxygen atoms in total. The van der Waals surface area contributed by atoms with Gasteiger partial charge in [0.15, 0.2) is 0 Å². The van der Waals surface area contributed by atoms with E-state index in [1.165, 1.54) is 0 Å². The maximum atomic E-state index is 12.3. The molecule has 5 heteroatoms. The second-order valence-electron chi connectivity index (χ2n) is 5.18. The van der Waals surface area contributed by atoms with E-state index in [-0.39, 0.29) is 17.9 Å². The van der Waals surface area contributed by atoms with Crippen molar-refractivity contribution in [2.75, 3.05) is 13.1 Å². The summed E-state index contributed by atoms with van der Waals surface area (Å²) in [7, 11) is 0. The highest BCUT2D eigenvalue weighted by Crippen LogP contribution is 2.12. The fourth-order valence-corrected chi connectivity index (χ4v) is 2.66. The van der Waals surface area contributed by atoms with Crippen LogP contribution in [0.3, 0.4) is 0 Å². The lowest BCUT2D eigenvalue weighted by atomic mass is 10.1. The quantitative estimate of drug-likeness (QED) is 0.884. The molecule has 2 amide bonds. The molecular formula is C15H23N3O2. The Morgan fingerprint density at radius 2 is 2.15 bits per heavy atom. The van der Waals surface area contributed by atoms with Crippen molar-refractivity contribution < 1.29 is 9.59 Å². The van der Waals surface area contributed by atoms with Crippen LogP contribution in [0, 0.1) is 0 Å². The summed E-state index contributed by atoms with van der Waals surface area (Å²) >= 11 is 0. The van der Waals surface area contributed by atoms with Crippen LogP contribution in [0.5, 0.6) is 0 Å². The molecule has 1 fully saturated rings. The molecule has 110 valence electrons. The molecule has 1 aromatic heterocycles. The summed E-state index contributed by atoms with van der Waals surface area (Å²) < 4.78 is 2.07. The number of hydrogen-bond donors (Lipinski definition) is 1. The van der Waals surface area contributed by atoms with E-state index in [0.717, 1.165) is 19.4 Å². The average molecular weight is 277 g/mol. The Balaban J connectivity index is 1.87. The third kappa shape index (κ3) is 3.62. The van der Waals surface area contributed by atoms with Crippen LogP contribution in [0.4, 0.5) is 0 Å². The third-order valence-electron chi connectivity index (χ3n) is 3.73. The lowest BCUT2D eigenvalue weighted by Gasteiger charge is -2.27. The lowest BCUT2D eigenvalue weighted by Crippen LogP contribution is -2.46. The molecule has 2 rings (SSSR count). The number of nitrogens with zero attached hydrogens (tertiary/aromatic N) is 2. The topological polar surface area (TPSA) is 54.3 Å². The van der Waals surface area contributed by atoms with Crippen LogP contribution in [0.2, 0.25) is 0 Å². The molecule has 1 aromatic rings. The first kappa shape index (κ1) is 14.6. The maximum absolute atomic E-state index is 12.3. The SMILES string of the molecule is CC[C@H]1C(=O)NCCCN1C(=O)CCCn1cccc1. The van der Waals surface area contributed by atoms with Crippen LogP contribution >= 0.6 is 0 Å². The van der Waals surface area contributed by atoms with E-state index in [1.54, 1.807) is 4.90 Å². The molecule has 1 atom stereocenters. The van der Waals surface area contributed by atoms with Gasteiger partial charge in [-0.25, -0.2) is 0 Å². The predicted molar refractivity (Wildman–Crippen MR) is 77.1 cm³/mol.